The fourth-order valence-electron chi connectivity index (χ4n) is 2.15. The third kappa shape index (κ3) is 3.64. The molecule has 0 bridgehead atoms. The van der Waals surface area contributed by atoms with Crippen LogP contribution in [0.25, 0.3) is 0 Å². The molecule has 0 spiro atoms. The van der Waals surface area contributed by atoms with Crippen LogP contribution in [0.5, 0.6) is 0 Å². The maximum absolute atomic E-state index is 5.77. The third-order valence-corrected chi connectivity index (χ3v) is 3.34. The molecule has 0 aliphatic carbocycles. The summed E-state index contributed by atoms with van der Waals surface area (Å²) in [4.78, 5) is 0. The average Bonchev–Trinajstić information content (AvgIpc) is 2.22. The van der Waals surface area contributed by atoms with Crippen LogP contribution in [0.2, 0.25) is 0 Å². The van der Waals surface area contributed by atoms with E-state index in [9.17, 15) is 0 Å². The summed E-state index contributed by atoms with van der Waals surface area (Å²) in [6.45, 7) is 8.74. The first-order chi connectivity index (χ1) is 7.54. The molecule has 0 saturated carbocycles. The molecule has 0 aliphatic heterocycles. The minimum absolute atomic E-state index is 0.331. The summed E-state index contributed by atoms with van der Waals surface area (Å²) in [5.41, 5.74) is 11.6. The van der Waals surface area contributed by atoms with Gasteiger partial charge in [-0.25, -0.2) is 0 Å². The van der Waals surface area contributed by atoms with Gasteiger partial charge in [0.05, 0.1) is 0 Å². The predicted molar refractivity (Wildman–Crippen MR) is 71.9 cm³/mol. The van der Waals surface area contributed by atoms with Gasteiger partial charge in [-0.15, -0.1) is 0 Å². The topological polar surface area (TPSA) is 26.0 Å². The lowest BCUT2D eigenvalue weighted by atomic mass is 9.95. The second-order valence-corrected chi connectivity index (χ2v) is 4.92. The van der Waals surface area contributed by atoms with Gasteiger partial charge in [-0.3, -0.25) is 0 Å². The Labute approximate surface area is 100 Å². The monoisotopic (exact) mass is 219 g/mol. The normalized spacial score (nSPS) is 12.8. The molecule has 0 radical (unpaired) electrons. The van der Waals surface area contributed by atoms with Crippen LogP contribution in [-0.2, 0) is 12.8 Å². The number of rotatable bonds is 5. The lowest BCUT2D eigenvalue weighted by Crippen LogP contribution is -2.14. The summed E-state index contributed by atoms with van der Waals surface area (Å²) >= 11 is 0. The van der Waals surface area contributed by atoms with Crippen molar-refractivity contribution in [2.24, 2.45) is 5.73 Å². The fraction of sp³-hybridized carbons (Fsp3) is 0.600. The average molecular weight is 219 g/mol. The van der Waals surface area contributed by atoms with Crippen molar-refractivity contribution in [3.8, 4) is 0 Å². The standard InChI is InChI=1S/C15H25N/c1-5-15-10-14(8-6-7-12(3)16)9-11(2)13(15)4/h9-10,12H,5-8,16H2,1-4H3/t12-/m0/s1. The van der Waals surface area contributed by atoms with Crippen LogP contribution in [-0.4, -0.2) is 6.04 Å². The highest BCUT2D eigenvalue weighted by Gasteiger charge is 2.03. The molecular weight excluding hydrogens is 194 g/mol. The van der Waals surface area contributed by atoms with Gasteiger partial charge in [0.25, 0.3) is 0 Å². The highest BCUT2D eigenvalue weighted by molar-refractivity contribution is 5.37. The molecule has 2 N–H and O–H groups in total. The Balaban J connectivity index is 2.70. The molecular formula is C15H25N. The van der Waals surface area contributed by atoms with E-state index >= 15 is 0 Å². The van der Waals surface area contributed by atoms with Crippen molar-refractivity contribution in [1.82, 2.24) is 0 Å². The van der Waals surface area contributed by atoms with Gasteiger partial charge in [-0.1, -0.05) is 19.1 Å². The van der Waals surface area contributed by atoms with E-state index in [-0.39, 0.29) is 0 Å². The Kier molecular flexibility index (Phi) is 5.01. The molecule has 16 heavy (non-hydrogen) atoms. The van der Waals surface area contributed by atoms with Crippen molar-refractivity contribution in [1.29, 1.82) is 0 Å². The lowest BCUT2D eigenvalue weighted by Gasteiger charge is -2.11. The van der Waals surface area contributed by atoms with Crippen LogP contribution >= 0.6 is 0 Å². The molecule has 1 aromatic rings. The number of hydrogen-bond acceptors (Lipinski definition) is 1. The van der Waals surface area contributed by atoms with Gasteiger partial charge in [0.1, 0.15) is 0 Å². The van der Waals surface area contributed by atoms with E-state index in [1.807, 2.05) is 0 Å². The van der Waals surface area contributed by atoms with Crippen molar-refractivity contribution < 1.29 is 0 Å². The molecule has 0 saturated heterocycles. The van der Waals surface area contributed by atoms with Gasteiger partial charge in [0, 0.05) is 6.04 Å². The first-order valence-corrected chi connectivity index (χ1v) is 6.39. The Bertz CT molecular complexity index is 340. The summed E-state index contributed by atoms with van der Waals surface area (Å²) in [7, 11) is 0. The zero-order valence-corrected chi connectivity index (χ0v) is 11.1. The molecule has 0 fully saturated rings. The molecule has 0 aliphatic rings. The molecule has 1 atom stereocenters. The predicted octanol–water partition coefficient (Wildman–Crippen LogP) is 3.54. The van der Waals surface area contributed by atoms with Crippen molar-refractivity contribution in [2.45, 2.75) is 59.4 Å². The zero-order valence-electron chi connectivity index (χ0n) is 11.1. The van der Waals surface area contributed by atoms with Gasteiger partial charge >= 0.3 is 0 Å². The van der Waals surface area contributed by atoms with Crippen LogP contribution in [0.1, 0.15) is 48.9 Å². The largest absolute Gasteiger partial charge is 0.328 e. The second kappa shape index (κ2) is 6.05. The Morgan fingerprint density at radius 1 is 1.25 bits per heavy atom. The maximum atomic E-state index is 5.77. The SMILES string of the molecule is CCc1cc(CCC[C@H](C)N)cc(C)c1C. The number of benzene rings is 1. The summed E-state index contributed by atoms with van der Waals surface area (Å²) in [6.07, 6.45) is 4.61. The Morgan fingerprint density at radius 3 is 2.50 bits per heavy atom. The summed E-state index contributed by atoms with van der Waals surface area (Å²) in [5.74, 6) is 0. The van der Waals surface area contributed by atoms with Crippen molar-refractivity contribution in [3.05, 3.63) is 34.4 Å². The van der Waals surface area contributed by atoms with Gasteiger partial charge in [0.15, 0.2) is 0 Å². The van der Waals surface area contributed by atoms with Crippen LogP contribution in [0.4, 0.5) is 0 Å². The number of nitrogens with two attached hydrogens (primary N) is 1. The molecule has 0 amide bonds. The van der Waals surface area contributed by atoms with E-state index in [2.05, 4.69) is 39.8 Å². The molecule has 1 heteroatoms. The summed E-state index contributed by atoms with van der Waals surface area (Å²) < 4.78 is 0. The third-order valence-electron chi connectivity index (χ3n) is 3.34. The molecule has 1 nitrogen and oxygen atoms in total. The molecule has 1 rings (SSSR count). The quantitative estimate of drug-likeness (QED) is 0.805. The highest BCUT2D eigenvalue weighted by Crippen LogP contribution is 2.18. The van der Waals surface area contributed by atoms with E-state index in [0.29, 0.717) is 6.04 Å². The first kappa shape index (κ1) is 13.2. The fourth-order valence-corrected chi connectivity index (χ4v) is 2.15. The lowest BCUT2D eigenvalue weighted by molar-refractivity contribution is 0.624. The smallest absolute Gasteiger partial charge is 0.00105 e. The van der Waals surface area contributed by atoms with E-state index in [1.54, 1.807) is 0 Å². The first-order valence-electron chi connectivity index (χ1n) is 6.39. The maximum Gasteiger partial charge on any atom is 0.00105 e. The van der Waals surface area contributed by atoms with E-state index in [4.69, 9.17) is 5.73 Å². The van der Waals surface area contributed by atoms with Crippen LogP contribution in [0.15, 0.2) is 12.1 Å². The van der Waals surface area contributed by atoms with E-state index < -0.39 is 0 Å². The van der Waals surface area contributed by atoms with E-state index in [0.717, 1.165) is 19.3 Å². The number of aryl methyl sites for hydroxylation is 3. The summed E-state index contributed by atoms with van der Waals surface area (Å²) in [6, 6.07) is 5.02. The molecule has 0 heterocycles. The van der Waals surface area contributed by atoms with Gasteiger partial charge in [-0.2, -0.15) is 0 Å². The Morgan fingerprint density at radius 2 is 1.94 bits per heavy atom. The highest BCUT2D eigenvalue weighted by atomic mass is 14.6. The number of hydrogen-bond donors (Lipinski definition) is 1. The van der Waals surface area contributed by atoms with Crippen LogP contribution in [0, 0.1) is 13.8 Å². The van der Waals surface area contributed by atoms with Gasteiger partial charge in [0.2, 0.25) is 0 Å². The van der Waals surface area contributed by atoms with Gasteiger partial charge in [-0.05, 0) is 68.7 Å². The molecule has 0 aromatic heterocycles. The second-order valence-electron chi connectivity index (χ2n) is 4.92. The van der Waals surface area contributed by atoms with Crippen LogP contribution < -0.4 is 5.73 Å². The van der Waals surface area contributed by atoms with Crippen molar-refractivity contribution in [2.75, 3.05) is 0 Å². The Hall–Kier alpha value is -0.820. The van der Waals surface area contributed by atoms with Crippen molar-refractivity contribution in [3.63, 3.8) is 0 Å². The molecule has 1 aromatic carbocycles. The molecule has 0 unspecified atom stereocenters. The van der Waals surface area contributed by atoms with E-state index in [1.165, 1.54) is 28.7 Å². The minimum atomic E-state index is 0.331. The van der Waals surface area contributed by atoms with Crippen molar-refractivity contribution >= 4 is 0 Å². The minimum Gasteiger partial charge on any atom is -0.328 e. The van der Waals surface area contributed by atoms with Gasteiger partial charge < -0.3 is 5.73 Å². The molecule has 90 valence electrons. The zero-order chi connectivity index (χ0) is 12.1. The van der Waals surface area contributed by atoms with Crippen LogP contribution in [0.3, 0.4) is 0 Å². The summed E-state index contributed by atoms with van der Waals surface area (Å²) in [5, 5.41) is 0.